The molecule has 0 aliphatic rings. The Labute approximate surface area is 135 Å². The topological polar surface area (TPSA) is 70.6 Å². The van der Waals surface area contributed by atoms with Crippen LogP contribution in [0.3, 0.4) is 0 Å². The van der Waals surface area contributed by atoms with E-state index in [0.29, 0.717) is 5.56 Å². The Balaban J connectivity index is 1.98. The maximum absolute atomic E-state index is 13.5. The van der Waals surface area contributed by atoms with Crippen molar-refractivity contribution in [2.75, 3.05) is 19.0 Å². The molecule has 0 bridgehead atoms. The Hall–Kier alpha value is -2.19. The molecule has 1 atom stereocenters. The first-order valence-electron chi connectivity index (χ1n) is 6.66. The highest BCUT2D eigenvalue weighted by atomic mass is 32.1. The number of benzene rings is 1. The molecule has 0 saturated heterocycles. The molecule has 8 heteroatoms. The van der Waals surface area contributed by atoms with Gasteiger partial charge in [0, 0.05) is 17.8 Å². The molecule has 1 aromatic heterocycles. The third kappa shape index (κ3) is 4.17. The Morgan fingerprint density at radius 1 is 1.39 bits per heavy atom. The van der Waals surface area contributed by atoms with Gasteiger partial charge >= 0.3 is 6.03 Å². The highest BCUT2D eigenvalue weighted by molar-refractivity contribution is 7.08. The molecule has 2 aromatic rings. The summed E-state index contributed by atoms with van der Waals surface area (Å²) in [4.78, 5) is 11.8. The molecule has 124 valence electrons. The van der Waals surface area contributed by atoms with Crippen LogP contribution in [0.2, 0.25) is 0 Å². The van der Waals surface area contributed by atoms with Crippen LogP contribution in [0.25, 0.3) is 0 Å². The number of rotatable bonds is 5. The number of nitrogens with one attached hydrogen (secondary N) is 2. The van der Waals surface area contributed by atoms with Crippen LogP contribution >= 0.6 is 11.3 Å². The molecule has 0 aliphatic heterocycles. The molecule has 0 radical (unpaired) electrons. The zero-order chi connectivity index (χ0) is 17.0. The van der Waals surface area contributed by atoms with Gasteiger partial charge in [0.15, 0.2) is 17.4 Å². The van der Waals surface area contributed by atoms with E-state index >= 15 is 0 Å². The van der Waals surface area contributed by atoms with Crippen molar-refractivity contribution < 1.29 is 23.4 Å². The SMILES string of the molecule is COc1c(F)cc(NC(=O)NCC(C)(O)c2ccsc2)cc1F. The minimum Gasteiger partial charge on any atom is -0.491 e. The average molecular weight is 342 g/mol. The van der Waals surface area contributed by atoms with E-state index in [2.05, 4.69) is 15.4 Å². The second-order valence-corrected chi connectivity index (χ2v) is 5.85. The van der Waals surface area contributed by atoms with Crippen LogP contribution in [-0.2, 0) is 5.60 Å². The van der Waals surface area contributed by atoms with Gasteiger partial charge in [0.25, 0.3) is 0 Å². The number of carbonyl (C=O) groups is 1. The molecule has 23 heavy (non-hydrogen) atoms. The van der Waals surface area contributed by atoms with Crippen molar-refractivity contribution in [1.29, 1.82) is 0 Å². The number of hydrogen-bond donors (Lipinski definition) is 3. The quantitative estimate of drug-likeness (QED) is 0.782. The number of carbonyl (C=O) groups excluding carboxylic acids is 1. The summed E-state index contributed by atoms with van der Waals surface area (Å²) in [6.07, 6.45) is 0. The van der Waals surface area contributed by atoms with Crippen molar-refractivity contribution in [3.8, 4) is 5.75 Å². The molecule has 1 aromatic carbocycles. The molecule has 0 aliphatic carbocycles. The van der Waals surface area contributed by atoms with E-state index in [4.69, 9.17) is 0 Å². The van der Waals surface area contributed by atoms with Crippen molar-refractivity contribution >= 4 is 23.1 Å². The average Bonchev–Trinajstić information content (AvgIpc) is 3.00. The summed E-state index contributed by atoms with van der Waals surface area (Å²) >= 11 is 1.43. The molecular formula is C15H16F2N2O3S. The standard InChI is InChI=1S/C15H16F2N2O3S/c1-15(21,9-3-4-23-7-9)8-18-14(20)19-10-5-11(16)13(22-2)12(17)6-10/h3-7,21H,8H2,1-2H3,(H2,18,19,20). The summed E-state index contributed by atoms with van der Waals surface area (Å²) < 4.78 is 31.7. The van der Waals surface area contributed by atoms with Crippen LogP contribution in [-0.4, -0.2) is 24.8 Å². The van der Waals surface area contributed by atoms with Crippen molar-refractivity contribution in [3.05, 3.63) is 46.2 Å². The van der Waals surface area contributed by atoms with Gasteiger partial charge in [-0.2, -0.15) is 11.3 Å². The fourth-order valence-corrected chi connectivity index (χ4v) is 2.71. The van der Waals surface area contributed by atoms with Gasteiger partial charge in [-0.15, -0.1) is 0 Å². The van der Waals surface area contributed by atoms with E-state index in [1.165, 1.54) is 11.3 Å². The van der Waals surface area contributed by atoms with Gasteiger partial charge in [0.05, 0.1) is 13.7 Å². The minimum absolute atomic E-state index is 0.0588. The van der Waals surface area contributed by atoms with E-state index in [1.54, 1.807) is 18.4 Å². The number of halogens is 2. The smallest absolute Gasteiger partial charge is 0.319 e. The second-order valence-electron chi connectivity index (χ2n) is 5.07. The lowest BCUT2D eigenvalue weighted by molar-refractivity contribution is 0.0604. The maximum atomic E-state index is 13.5. The van der Waals surface area contributed by atoms with Gasteiger partial charge < -0.3 is 20.5 Å². The van der Waals surface area contributed by atoms with Crippen LogP contribution in [0.5, 0.6) is 5.75 Å². The van der Waals surface area contributed by atoms with E-state index in [1.807, 2.05) is 5.38 Å². The summed E-state index contributed by atoms with van der Waals surface area (Å²) in [5.41, 5.74) is -0.633. The number of urea groups is 1. The van der Waals surface area contributed by atoms with Crippen molar-refractivity contribution in [3.63, 3.8) is 0 Å². The number of aliphatic hydroxyl groups is 1. The highest BCUT2D eigenvalue weighted by Crippen LogP contribution is 2.25. The summed E-state index contributed by atoms with van der Waals surface area (Å²) in [5, 5.41) is 18.6. The highest BCUT2D eigenvalue weighted by Gasteiger charge is 2.24. The maximum Gasteiger partial charge on any atom is 0.319 e. The van der Waals surface area contributed by atoms with Crippen molar-refractivity contribution in [1.82, 2.24) is 5.32 Å². The van der Waals surface area contributed by atoms with Crippen molar-refractivity contribution in [2.24, 2.45) is 0 Å². The first-order chi connectivity index (χ1) is 10.8. The summed E-state index contributed by atoms with van der Waals surface area (Å²) in [5.74, 6) is -2.36. The normalized spacial score (nSPS) is 13.3. The largest absolute Gasteiger partial charge is 0.491 e. The predicted octanol–water partition coefficient (Wildman–Crippen LogP) is 3.06. The number of anilines is 1. The van der Waals surface area contributed by atoms with Crippen LogP contribution in [0.15, 0.2) is 29.0 Å². The summed E-state index contributed by atoms with van der Waals surface area (Å²) in [6, 6.07) is 2.94. The lowest BCUT2D eigenvalue weighted by Gasteiger charge is -2.23. The number of hydrogen-bond acceptors (Lipinski definition) is 4. The van der Waals surface area contributed by atoms with Crippen LogP contribution < -0.4 is 15.4 Å². The Kier molecular flexibility index (Phi) is 5.17. The predicted molar refractivity (Wildman–Crippen MR) is 83.8 cm³/mol. The third-order valence-corrected chi connectivity index (χ3v) is 3.88. The van der Waals surface area contributed by atoms with Gasteiger partial charge in [0.1, 0.15) is 5.60 Å². The van der Waals surface area contributed by atoms with Gasteiger partial charge in [-0.3, -0.25) is 0 Å². The van der Waals surface area contributed by atoms with Crippen LogP contribution in [0, 0.1) is 11.6 Å². The van der Waals surface area contributed by atoms with Gasteiger partial charge in [-0.1, -0.05) is 0 Å². The molecule has 0 spiro atoms. The fraction of sp³-hybridized carbons (Fsp3) is 0.267. The van der Waals surface area contributed by atoms with Crippen LogP contribution in [0.4, 0.5) is 19.3 Å². The molecular weight excluding hydrogens is 326 g/mol. The van der Waals surface area contributed by atoms with E-state index < -0.39 is 29.0 Å². The Bertz CT molecular complexity index is 667. The monoisotopic (exact) mass is 342 g/mol. The van der Waals surface area contributed by atoms with Gasteiger partial charge in [-0.25, -0.2) is 13.6 Å². The first kappa shape index (κ1) is 17.2. The molecule has 0 saturated carbocycles. The lowest BCUT2D eigenvalue weighted by Crippen LogP contribution is -2.40. The third-order valence-electron chi connectivity index (χ3n) is 3.20. The summed E-state index contributed by atoms with van der Waals surface area (Å²) in [6.45, 7) is 1.50. The summed E-state index contributed by atoms with van der Waals surface area (Å²) in [7, 11) is 1.15. The Morgan fingerprint density at radius 3 is 2.57 bits per heavy atom. The number of amides is 2. The van der Waals surface area contributed by atoms with E-state index in [9.17, 15) is 18.7 Å². The van der Waals surface area contributed by atoms with Crippen LogP contribution in [0.1, 0.15) is 12.5 Å². The number of thiophene rings is 1. The van der Waals surface area contributed by atoms with Gasteiger partial charge in [0.2, 0.25) is 0 Å². The molecule has 0 fully saturated rings. The fourth-order valence-electron chi connectivity index (χ4n) is 1.93. The number of ether oxygens (including phenoxy) is 1. The number of methoxy groups -OCH3 is 1. The second kappa shape index (κ2) is 6.93. The zero-order valence-corrected chi connectivity index (χ0v) is 13.3. The molecule has 1 heterocycles. The van der Waals surface area contributed by atoms with Gasteiger partial charge in [-0.05, 0) is 29.3 Å². The first-order valence-corrected chi connectivity index (χ1v) is 7.60. The Morgan fingerprint density at radius 2 is 2.04 bits per heavy atom. The van der Waals surface area contributed by atoms with Crippen molar-refractivity contribution in [2.45, 2.75) is 12.5 Å². The molecule has 3 N–H and O–H groups in total. The molecule has 5 nitrogen and oxygen atoms in total. The lowest BCUT2D eigenvalue weighted by atomic mass is 9.99. The molecule has 1 unspecified atom stereocenters. The molecule has 2 rings (SSSR count). The minimum atomic E-state index is -1.24. The van der Waals surface area contributed by atoms with E-state index in [-0.39, 0.29) is 12.2 Å². The van der Waals surface area contributed by atoms with E-state index in [0.717, 1.165) is 19.2 Å². The zero-order valence-electron chi connectivity index (χ0n) is 12.5. The molecule has 2 amide bonds.